The van der Waals surface area contributed by atoms with Gasteiger partial charge in [0.25, 0.3) is 0 Å². The molecule has 2 saturated carbocycles. The number of para-hydroxylation sites is 1. The number of rotatable bonds is 4. The summed E-state index contributed by atoms with van der Waals surface area (Å²) >= 11 is 0. The van der Waals surface area contributed by atoms with Crippen molar-refractivity contribution in [3.63, 3.8) is 0 Å². The number of ether oxygens (including phenoxy) is 3. The quantitative estimate of drug-likeness (QED) is 0.373. The third-order valence-corrected chi connectivity index (χ3v) is 10.5. The minimum absolute atomic E-state index is 0.0900. The molecule has 1 saturated heterocycles. The molecule has 3 aliphatic carbocycles. The van der Waals surface area contributed by atoms with E-state index in [-0.39, 0.29) is 17.8 Å². The maximum absolute atomic E-state index is 13.0. The Hall–Kier alpha value is -2.77. The minimum atomic E-state index is -0.680. The number of aliphatic hydroxyl groups excluding tert-OH is 1. The number of carbonyl (C=O) groups is 1. The second-order valence-electron chi connectivity index (χ2n) is 13.4. The number of aromatic amines is 1. The van der Waals surface area contributed by atoms with Gasteiger partial charge in [0.05, 0.1) is 19.8 Å². The lowest BCUT2D eigenvalue weighted by atomic mass is 9.50. The van der Waals surface area contributed by atoms with Gasteiger partial charge in [-0.2, -0.15) is 0 Å². The van der Waals surface area contributed by atoms with E-state index in [1.54, 1.807) is 0 Å². The van der Waals surface area contributed by atoms with Gasteiger partial charge in [-0.05, 0) is 85.6 Å². The SMILES string of the molecule is CC1(C)OC23CCC4(C)C(CCC5Cc6c([nH]c7ccccc67)C54)C2=CC(=O)C1O3.OCCOCc1ccccc1. The highest BCUT2D eigenvalue weighted by Gasteiger charge is 2.66. The summed E-state index contributed by atoms with van der Waals surface area (Å²) in [5.41, 5.74) is 6.09. The molecule has 2 bridgehead atoms. The first-order chi connectivity index (χ1) is 19.8. The lowest BCUT2D eigenvalue weighted by molar-refractivity contribution is -0.199. The van der Waals surface area contributed by atoms with Gasteiger partial charge in [0, 0.05) is 28.9 Å². The van der Waals surface area contributed by atoms with Crippen LogP contribution in [0.2, 0.25) is 0 Å². The van der Waals surface area contributed by atoms with Crippen LogP contribution in [0.4, 0.5) is 0 Å². The van der Waals surface area contributed by atoms with Gasteiger partial charge in [0.2, 0.25) is 0 Å². The van der Waals surface area contributed by atoms with E-state index in [2.05, 4.69) is 36.2 Å². The van der Waals surface area contributed by atoms with E-state index in [1.807, 2.05) is 50.3 Å². The predicted octanol–water partition coefficient (Wildman–Crippen LogP) is 6.23. The topological polar surface area (TPSA) is 80.8 Å². The molecule has 5 aliphatic rings. The van der Waals surface area contributed by atoms with E-state index >= 15 is 0 Å². The second kappa shape index (κ2) is 9.91. The predicted molar refractivity (Wildman–Crippen MR) is 157 cm³/mol. The third-order valence-electron chi connectivity index (χ3n) is 10.5. The Balaban J connectivity index is 0.000000214. The summed E-state index contributed by atoms with van der Waals surface area (Å²) in [6, 6.07) is 18.6. The molecule has 0 amide bonds. The number of hydrogen-bond acceptors (Lipinski definition) is 5. The molecule has 3 fully saturated rings. The Bertz CT molecular complexity index is 1490. The molecule has 2 N–H and O–H groups in total. The lowest BCUT2D eigenvalue weighted by Gasteiger charge is -2.57. The summed E-state index contributed by atoms with van der Waals surface area (Å²) in [6.07, 6.45) is 6.88. The molecule has 6 atom stereocenters. The van der Waals surface area contributed by atoms with Crippen molar-refractivity contribution >= 4 is 16.7 Å². The molecule has 41 heavy (non-hydrogen) atoms. The molecule has 3 heterocycles. The van der Waals surface area contributed by atoms with Crippen molar-refractivity contribution in [2.75, 3.05) is 13.2 Å². The summed E-state index contributed by atoms with van der Waals surface area (Å²) in [4.78, 5) is 16.8. The first-order valence-electron chi connectivity index (χ1n) is 15.2. The number of hydrogen-bond donors (Lipinski definition) is 2. The Morgan fingerprint density at radius 3 is 2.61 bits per heavy atom. The molecule has 6 nitrogen and oxygen atoms in total. The summed E-state index contributed by atoms with van der Waals surface area (Å²) in [5.74, 6) is 0.955. The molecule has 1 spiro atoms. The molecule has 0 radical (unpaired) electrons. The Kier molecular flexibility index (Phi) is 6.55. The maximum atomic E-state index is 13.0. The third kappa shape index (κ3) is 4.25. The second-order valence-corrected chi connectivity index (χ2v) is 13.4. The van der Waals surface area contributed by atoms with E-state index < -0.39 is 17.5 Å². The molecule has 6 heteroatoms. The standard InChI is InChI=1S/C26H29NO3.C9H12O2/c1-24(2)23-20(28)13-18-17-9-8-14-12-16-15-6-4-5-7-19(15)27-22(16)21(14)25(17,3)10-11-26(18,29-23)30-24;10-6-7-11-8-9-4-2-1-3-5-9/h4-7,13-14,17,21,23,27H,8-12H2,1-3H3;1-5,10H,6-8H2. The summed E-state index contributed by atoms with van der Waals surface area (Å²) in [6.45, 7) is 7.56. The van der Waals surface area contributed by atoms with Gasteiger partial charge in [-0.1, -0.05) is 55.5 Å². The van der Waals surface area contributed by atoms with Crippen LogP contribution in [0, 0.1) is 17.3 Å². The van der Waals surface area contributed by atoms with Crippen LogP contribution < -0.4 is 0 Å². The number of fused-ring (bicyclic) bond motifs is 9. The zero-order chi connectivity index (χ0) is 28.4. The Labute approximate surface area is 242 Å². The molecule has 2 aliphatic heterocycles. The van der Waals surface area contributed by atoms with Crippen LogP contribution in [0.5, 0.6) is 0 Å². The first kappa shape index (κ1) is 27.1. The van der Waals surface area contributed by atoms with Gasteiger partial charge in [-0.3, -0.25) is 4.79 Å². The monoisotopic (exact) mass is 555 g/mol. The summed E-state index contributed by atoms with van der Waals surface area (Å²) in [7, 11) is 0. The van der Waals surface area contributed by atoms with E-state index in [1.165, 1.54) is 35.0 Å². The molecule has 1 aromatic heterocycles. The Morgan fingerprint density at radius 1 is 1.02 bits per heavy atom. The number of benzene rings is 2. The van der Waals surface area contributed by atoms with Crippen molar-refractivity contribution in [2.45, 2.75) is 82.9 Å². The van der Waals surface area contributed by atoms with Gasteiger partial charge in [0.15, 0.2) is 17.7 Å². The van der Waals surface area contributed by atoms with Crippen molar-refractivity contribution in [3.8, 4) is 0 Å². The molecular formula is C35H41NO5. The number of carbonyl (C=O) groups excluding carboxylic acids is 1. The smallest absolute Gasteiger partial charge is 0.193 e. The zero-order valence-corrected chi connectivity index (χ0v) is 24.3. The highest BCUT2D eigenvalue weighted by Crippen LogP contribution is 2.68. The van der Waals surface area contributed by atoms with Gasteiger partial charge in [-0.15, -0.1) is 0 Å². The first-order valence-corrected chi connectivity index (χ1v) is 15.2. The van der Waals surface area contributed by atoms with E-state index in [0.717, 1.165) is 30.4 Å². The number of H-pyrrole nitrogens is 1. The van der Waals surface area contributed by atoms with E-state index in [9.17, 15) is 4.79 Å². The molecule has 3 aromatic rings. The van der Waals surface area contributed by atoms with Crippen molar-refractivity contribution in [2.24, 2.45) is 17.3 Å². The zero-order valence-electron chi connectivity index (χ0n) is 24.3. The van der Waals surface area contributed by atoms with Crippen LogP contribution >= 0.6 is 0 Å². The van der Waals surface area contributed by atoms with Crippen LogP contribution in [0.3, 0.4) is 0 Å². The van der Waals surface area contributed by atoms with Gasteiger partial charge >= 0.3 is 0 Å². The lowest BCUT2D eigenvalue weighted by Crippen LogP contribution is -2.54. The average molecular weight is 556 g/mol. The molecule has 2 aromatic carbocycles. The van der Waals surface area contributed by atoms with Crippen LogP contribution in [0.1, 0.15) is 69.2 Å². The van der Waals surface area contributed by atoms with E-state index in [4.69, 9.17) is 19.3 Å². The fourth-order valence-electron chi connectivity index (χ4n) is 8.81. The van der Waals surface area contributed by atoms with Crippen LogP contribution in [0.25, 0.3) is 10.9 Å². The highest BCUT2D eigenvalue weighted by atomic mass is 16.8. The molecule has 8 rings (SSSR count). The van der Waals surface area contributed by atoms with Crippen LogP contribution in [-0.2, 0) is 32.0 Å². The number of aliphatic hydroxyl groups is 1. The largest absolute Gasteiger partial charge is 0.394 e. The number of aromatic nitrogens is 1. The fraction of sp³-hybridized carbons (Fsp3) is 0.514. The van der Waals surface area contributed by atoms with Crippen molar-refractivity contribution in [1.82, 2.24) is 4.98 Å². The Morgan fingerprint density at radius 2 is 1.80 bits per heavy atom. The van der Waals surface area contributed by atoms with Gasteiger partial charge < -0.3 is 24.3 Å². The van der Waals surface area contributed by atoms with Gasteiger partial charge in [-0.25, -0.2) is 0 Å². The van der Waals surface area contributed by atoms with Gasteiger partial charge in [0.1, 0.15) is 5.60 Å². The van der Waals surface area contributed by atoms with E-state index in [0.29, 0.717) is 31.0 Å². The summed E-state index contributed by atoms with van der Waals surface area (Å²) < 4.78 is 18.0. The number of ketones is 1. The average Bonchev–Trinajstić information content (AvgIpc) is 3.58. The fourth-order valence-corrected chi connectivity index (χ4v) is 8.81. The molecule has 6 unspecified atom stereocenters. The number of nitrogens with one attached hydrogen (secondary N) is 1. The molecular weight excluding hydrogens is 514 g/mol. The normalized spacial score (nSPS) is 34.1. The minimum Gasteiger partial charge on any atom is -0.394 e. The summed E-state index contributed by atoms with van der Waals surface area (Å²) in [5, 5.41) is 9.82. The highest BCUT2D eigenvalue weighted by molar-refractivity contribution is 5.97. The van der Waals surface area contributed by atoms with Crippen molar-refractivity contribution < 1.29 is 24.1 Å². The van der Waals surface area contributed by atoms with Crippen LogP contribution in [-0.4, -0.2) is 46.6 Å². The molecule has 216 valence electrons. The van der Waals surface area contributed by atoms with Crippen molar-refractivity contribution in [3.05, 3.63) is 83.1 Å². The van der Waals surface area contributed by atoms with Crippen LogP contribution in [0.15, 0.2) is 66.2 Å². The maximum Gasteiger partial charge on any atom is 0.193 e. The van der Waals surface area contributed by atoms with Crippen molar-refractivity contribution in [1.29, 1.82) is 0 Å².